The van der Waals surface area contributed by atoms with Gasteiger partial charge in [-0.15, -0.1) is 0 Å². The van der Waals surface area contributed by atoms with E-state index in [0.29, 0.717) is 25.3 Å². The van der Waals surface area contributed by atoms with Crippen LogP contribution in [0.5, 0.6) is 5.75 Å². The average molecular weight is 459 g/mol. The zero-order valence-electron chi connectivity index (χ0n) is 20.3. The lowest BCUT2D eigenvalue weighted by Crippen LogP contribution is -2.51. The number of hydrogen-bond donors (Lipinski definition) is 1. The molecule has 1 atom stereocenters. The topological polar surface area (TPSA) is 58.6 Å². The van der Waals surface area contributed by atoms with Crippen molar-refractivity contribution in [3.8, 4) is 5.75 Å². The van der Waals surface area contributed by atoms with Crippen LogP contribution in [0.4, 0.5) is 0 Å². The smallest absolute Gasteiger partial charge is 0.261 e. The molecule has 5 heteroatoms. The number of nitrogens with zero attached hydrogens (tertiary/aromatic N) is 1. The lowest BCUT2D eigenvalue weighted by atomic mass is 10.0. The van der Waals surface area contributed by atoms with E-state index in [-0.39, 0.29) is 18.4 Å². The van der Waals surface area contributed by atoms with Gasteiger partial charge in [-0.1, -0.05) is 85.3 Å². The molecule has 2 amide bonds. The first kappa shape index (κ1) is 25.0. The van der Waals surface area contributed by atoms with Crippen LogP contribution < -0.4 is 10.1 Å². The van der Waals surface area contributed by atoms with Crippen molar-refractivity contribution in [2.75, 3.05) is 13.2 Å². The minimum absolute atomic E-state index is 0.136. The third-order valence-electron chi connectivity index (χ3n) is 5.70. The number of carbonyl (C=O) groups is 2. The fraction of sp³-hybridized carbons (Fsp3) is 0.310. The Morgan fingerprint density at radius 3 is 2.18 bits per heavy atom. The van der Waals surface area contributed by atoms with Gasteiger partial charge < -0.3 is 15.0 Å². The molecule has 0 bridgehead atoms. The number of ether oxygens (including phenoxy) is 1. The average Bonchev–Trinajstić information content (AvgIpc) is 2.85. The Hall–Kier alpha value is -3.60. The molecule has 0 aromatic heterocycles. The summed E-state index contributed by atoms with van der Waals surface area (Å²) in [5, 5.41) is 2.99. The molecular weight excluding hydrogens is 424 g/mol. The number of carbonyl (C=O) groups excluding carboxylic acids is 2. The normalized spacial score (nSPS) is 11.5. The van der Waals surface area contributed by atoms with E-state index in [9.17, 15) is 9.59 Å². The third-order valence-corrected chi connectivity index (χ3v) is 5.70. The van der Waals surface area contributed by atoms with Crippen molar-refractivity contribution in [2.45, 2.75) is 46.2 Å². The zero-order chi connectivity index (χ0) is 24.3. The maximum atomic E-state index is 13.5. The zero-order valence-corrected chi connectivity index (χ0v) is 20.3. The maximum Gasteiger partial charge on any atom is 0.261 e. The van der Waals surface area contributed by atoms with Gasteiger partial charge in [-0.2, -0.15) is 0 Å². The van der Waals surface area contributed by atoms with Crippen molar-refractivity contribution in [1.29, 1.82) is 0 Å². The molecular formula is C29H34N2O3. The Labute approximate surface area is 202 Å². The van der Waals surface area contributed by atoms with E-state index < -0.39 is 6.04 Å². The fourth-order valence-corrected chi connectivity index (χ4v) is 3.88. The molecule has 0 spiro atoms. The van der Waals surface area contributed by atoms with E-state index in [4.69, 9.17) is 4.74 Å². The number of aryl methyl sites for hydroxylation is 2. The van der Waals surface area contributed by atoms with E-state index in [2.05, 4.69) is 5.32 Å². The lowest BCUT2D eigenvalue weighted by molar-refractivity contribution is -0.142. The van der Waals surface area contributed by atoms with E-state index >= 15 is 0 Å². The lowest BCUT2D eigenvalue weighted by Gasteiger charge is -2.31. The molecule has 0 radical (unpaired) electrons. The SMILES string of the molecule is CCCNC(=O)[C@H](Cc1ccccc1)N(Cc1ccccc1)C(=O)COc1ccc(C)cc1C. The van der Waals surface area contributed by atoms with Crippen molar-refractivity contribution >= 4 is 11.8 Å². The molecule has 3 aromatic carbocycles. The molecule has 5 nitrogen and oxygen atoms in total. The van der Waals surface area contributed by atoms with Crippen molar-refractivity contribution in [3.05, 3.63) is 101 Å². The van der Waals surface area contributed by atoms with E-state index in [1.54, 1.807) is 4.90 Å². The van der Waals surface area contributed by atoms with Gasteiger partial charge in [0.2, 0.25) is 5.91 Å². The van der Waals surface area contributed by atoms with E-state index in [1.807, 2.05) is 99.6 Å². The number of benzene rings is 3. The molecule has 1 N–H and O–H groups in total. The van der Waals surface area contributed by atoms with Crippen molar-refractivity contribution in [3.63, 3.8) is 0 Å². The summed E-state index contributed by atoms with van der Waals surface area (Å²) in [4.78, 5) is 28.4. The minimum Gasteiger partial charge on any atom is -0.483 e. The van der Waals surface area contributed by atoms with Gasteiger partial charge in [0.25, 0.3) is 5.91 Å². The van der Waals surface area contributed by atoms with Crippen molar-refractivity contribution in [1.82, 2.24) is 10.2 Å². The minimum atomic E-state index is -0.649. The van der Waals surface area contributed by atoms with Gasteiger partial charge >= 0.3 is 0 Å². The Bertz CT molecular complexity index is 1070. The van der Waals surface area contributed by atoms with E-state index in [0.717, 1.165) is 28.7 Å². The second-order valence-electron chi connectivity index (χ2n) is 8.56. The van der Waals surface area contributed by atoms with Crippen LogP contribution in [0.2, 0.25) is 0 Å². The Morgan fingerprint density at radius 1 is 0.912 bits per heavy atom. The molecule has 3 rings (SSSR count). The molecule has 0 aliphatic heterocycles. The highest BCUT2D eigenvalue weighted by Crippen LogP contribution is 2.20. The molecule has 0 unspecified atom stereocenters. The van der Waals surface area contributed by atoms with Crippen molar-refractivity contribution < 1.29 is 14.3 Å². The van der Waals surface area contributed by atoms with Crippen LogP contribution in [-0.2, 0) is 22.6 Å². The standard InChI is InChI=1S/C29H34N2O3/c1-4-17-30-29(33)26(19-24-11-7-5-8-12-24)31(20-25-13-9-6-10-14-25)28(32)21-34-27-16-15-22(2)18-23(27)3/h5-16,18,26H,4,17,19-21H2,1-3H3,(H,30,33)/t26-/m0/s1. The van der Waals surface area contributed by atoms with Crippen LogP contribution in [0.3, 0.4) is 0 Å². The number of amides is 2. The first-order valence-corrected chi connectivity index (χ1v) is 11.8. The number of rotatable bonds is 11. The molecule has 0 fully saturated rings. The highest BCUT2D eigenvalue weighted by molar-refractivity contribution is 5.88. The summed E-state index contributed by atoms with van der Waals surface area (Å²) in [5.41, 5.74) is 4.07. The molecule has 0 aliphatic carbocycles. The van der Waals surface area contributed by atoms with Gasteiger partial charge in [0.05, 0.1) is 0 Å². The number of hydrogen-bond acceptors (Lipinski definition) is 3. The second-order valence-corrected chi connectivity index (χ2v) is 8.56. The summed E-state index contributed by atoms with van der Waals surface area (Å²) in [5.74, 6) is 0.298. The first-order valence-electron chi connectivity index (χ1n) is 11.8. The van der Waals surface area contributed by atoms with Gasteiger partial charge in [0, 0.05) is 19.5 Å². The molecule has 0 saturated carbocycles. The largest absolute Gasteiger partial charge is 0.483 e. The molecule has 3 aromatic rings. The molecule has 0 aliphatic rings. The predicted octanol–water partition coefficient (Wildman–Crippen LogP) is 4.85. The van der Waals surface area contributed by atoms with Crippen LogP contribution in [-0.4, -0.2) is 35.9 Å². The monoisotopic (exact) mass is 458 g/mol. The van der Waals surface area contributed by atoms with Crippen molar-refractivity contribution in [2.24, 2.45) is 0 Å². The molecule has 0 heterocycles. The van der Waals surface area contributed by atoms with Gasteiger partial charge in [0.15, 0.2) is 6.61 Å². The summed E-state index contributed by atoms with van der Waals surface area (Å²) < 4.78 is 5.91. The fourth-order valence-electron chi connectivity index (χ4n) is 3.88. The highest BCUT2D eigenvalue weighted by atomic mass is 16.5. The van der Waals surface area contributed by atoms with Gasteiger partial charge in [-0.3, -0.25) is 9.59 Å². The third kappa shape index (κ3) is 7.20. The van der Waals surface area contributed by atoms with Crippen LogP contribution in [0.25, 0.3) is 0 Å². The number of nitrogens with one attached hydrogen (secondary N) is 1. The summed E-state index contributed by atoms with van der Waals surface area (Å²) >= 11 is 0. The van der Waals surface area contributed by atoms with Crippen LogP contribution in [0, 0.1) is 13.8 Å². The second kappa shape index (κ2) is 12.6. The molecule has 34 heavy (non-hydrogen) atoms. The van der Waals surface area contributed by atoms with Crippen LogP contribution in [0.1, 0.15) is 35.6 Å². The van der Waals surface area contributed by atoms with Gasteiger partial charge in [-0.05, 0) is 43.0 Å². The Balaban J connectivity index is 1.87. The summed E-state index contributed by atoms with van der Waals surface area (Å²) in [6.07, 6.45) is 1.25. The van der Waals surface area contributed by atoms with Crippen LogP contribution in [0.15, 0.2) is 78.9 Å². The first-order chi connectivity index (χ1) is 16.5. The summed E-state index contributed by atoms with van der Waals surface area (Å²) in [6.45, 7) is 6.75. The van der Waals surface area contributed by atoms with Crippen LogP contribution >= 0.6 is 0 Å². The Kier molecular flexibility index (Phi) is 9.27. The maximum absolute atomic E-state index is 13.5. The van der Waals surface area contributed by atoms with E-state index in [1.165, 1.54) is 0 Å². The quantitative estimate of drug-likeness (QED) is 0.447. The molecule has 0 saturated heterocycles. The van der Waals surface area contributed by atoms with Gasteiger partial charge in [0.1, 0.15) is 11.8 Å². The predicted molar refractivity (Wildman–Crippen MR) is 136 cm³/mol. The highest BCUT2D eigenvalue weighted by Gasteiger charge is 2.30. The summed E-state index contributed by atoms with van der Waals surface area (Å²) in [6, 6.07) is 24.8. The Morgan fingerprint density at radius 2 is 1.56 bits per heavy atom. The molecule has 178 valence electrons. The van der Waals surface area contributed by atoms with Gasteiger partial charge in [-0.25, -0.2) is 0 Å². The summed E-state index contributed by atoms with van der Waals surface area (Å²) in [7, 11) is 0.